The Morgan fingerprint density at radius 2 is 2.24 bits per heavy atom. The molecular weight excluding hydrogens is 344 g/mol. The third kappa shape index (κ3) is 3.16. The summed E-state index contributed by atoms with van der Waals surface area (Å²) in [6, 6.07) is 1.58. The molecule has 0 radical (unpaired) electrons. The summed E-state index contributed by atoms with van der Waals surface area (Å²) in [6.07, 6.45) is 1.69. The van der Waals surface area contributed by atoms with Crippen molar-refractivity contribution < 1.29 is 14.3 Å². The van der Waals surface area contributed by atoms with Crippen LogP contribution in [0, 0.1) is 5.92 Å². The number of hydrogen-bond donors (Lipinski definition) is 1. The van der Waals surface area contributed by atoms with E-state index in [2.05, 4.69) is 10.3 Å². The van der Waals surface area contributed by atoms with Gasteiger partial charge in [-0.2, -0.15) is 0 Å². The second kappa shape index (κ2) is 6.57. The molecule has 2 aromatic heterocycles. The smallest absolute Gasteiger partial charge is 0.262 e. The number of thiophene rings is 1. The summed E-state index contributed by atoms with van der Waals surface area (Å²) < 4.78 is 6.93. The van der Waals surface area contributed by atoms with Gasteiger partial charge in [0.05, 0.1) is 36.9 Å². The number of carbonyl (C=O) groups is 2. The minimum Gasteiger partial charge on any atom is -0.378 e. The van der Waals surface area contributed by atoms with E-state index in [1.165, 1.54) is 22.2 Å². The van der Waals surface area contributed by atoms with Gasteiger partial charge < -0.3 is 15.0 Å². The minimum atomic E-state index is -0.331. The first-order valence-corrected chi connectivity index (χ1v) is 9.08. The number of ether oxygens (including phenoxy) is 1. The number of aromatic nitrogens is 2. The zero-order chi connectivity index (χ0) is 17.4. The number of carbonyl (C=O) groups excluding carboxylic acids is 2. The fraction of sp³-hybridized carbons (Fsp3) is 0.500. The Balaban J connectivity index is 1.45. The van der Waals surface area contributed by atoms with E-state index in [1.807, 2.05) is 5.38 Å². The second-order valence-corrected chi connectivity index (χ2v) is 7.27. The Morgan fingerprint density at radius 3 is 3.12 bits per heavy atom. The molecule has 2 aliphatic heterocycles. The van der Waals surface area contributed by atoms with Gasteiger partial charge in [-0.15, -0.1) is 11.3 Å². The van der Waals surface area contributed by atoms with Gasteiger partial charge in [-0.1, -0.05) is 0 Å². The van der Waals surface area contributed by atoms with Crippen LogP contribution < -0.4 is 10.9 Å². The molecule has 0 aliphatic carbocycles. The zero-order valence-corrected chi connectivity index (χ0v) is 14.3. The number of hydrogen-bond acceptors (Lipinski definition) is 6. The predicted molar refractivity (Wildman–Crippen MR) is 91.3 cm³/mol. The molecule has 0 saturated carbocycles. The summed E-state index contributed by atoms with van der Waals surface area (Å²) in [6.45, 7) is 1.84. The van der Waals surface area contributed by atoms with Crippen molar-refractivity contribution in [3.63, 3.8) is 0 Å². The number of amides is 2. The van der Waals surface area contributed by atoms with Crippen LogP contribution in [0.1, 0.15) is 6.42 Å². The van der Waals surface area contributed by atoms with Crippen molar-refractivity contribution in [2.24, 2.45) is 5.92 Å². The maximum absolute atomic E-state index is 12.6. The van der Waals surface area contributed by atoms with Crippen molar-refractivity contribution in [2.45, 2.75) is 19.0 Å². The Bertz CT molecular complexity index is 876. The lowest BCUT2D eigenvalue weighted by Crippen LogP contribution is -2.44. The molecule has 4 heterocycles. The molecule has 2 aliphatic rings. The molecule has 0 aromatic carbocycles. The highest BCUT2D eigenvalue weighted by Gasteiger charge is 2.34. The Kier molecular flexibility index (Phi) is 4.26. The highest BCUT2D eigenvalue weighted by atomic mass is 32.1. The van der Waals surface area contributed by atoms with Crippen molar-refractivity contribution in [3.8, 4) is 0 Å². The van der Waals surface area contributed by atoms with Gasteiger partial charge >= 0.3 is 0 Å². The van der Waals surface area contributed by atoms with Crippen LogP contribution in [0.25, 0.3) is 10.2 Å². The molecule has 8 nitrogen and oxygen atoms in total. The normalized spacial score (nSPS) is 23.4. The van der Waals surface area contributed by atoms with Crippen molar-refractivity contribution in [1.82, 2.24) is 19.8 Å². The average Bonchev–Trinajstić information content (AvgIpc) is 2.92. The Morgan fingerprint density at radius 1 is 1.36 bits per heavy atom. The van der Waals surface area contributed by atoms with Gasteiger partial charge in [-0.25, -0.2) is 4.98 Å². The van der Waals surface area contributed by atoms with E-state index < -0.39 is 0 Å². The van der Waals surface area contributed by atoms with Crippen LogP contribution in [0.2, 0.25) is 0 Å². The molecule has 2 atom stereocenters. The second-order valence-electron chi connectivity index (χ2n) is 6.37. The number of aryl methyl sites for hydroxylation is 1. The molecule has 132 valence electrons. The largest absolute Gasteiger partial charge is 0.378 e. The van der Waals surface area contributed by atoms with Crippen LogP contribution in [0.15, 0.2) is 22.6 Å². The molecule has 2 saturated heterocycles. The lowest BCUT2D eigenvalue weighted by Gasteiger charge is -2.27. The molecular formula is C16H18N4O4S. The van der Waals surface area contributed by atoms with E-state index >= 15 is 0 Å². The summed E-state index contributed by atoms with van der Waals surface area (Å²) in [4.78, 5) is 43.6. The number of fused-ring (bicyclic) bond motifs is 4. The molecule has 2 bridgehead atoms. The Labute approximate surface area is 147 Å². The molecule has 1 N–H and O–H groups in total. The highest BCUT2D eigenvalue weighted by Crippen LogP contribution is 2.15. The third-order valence-corrected chi connectivity index (χ3v) is 5.43. The van der Waals surface area contributed by atoms with Gasteiger partial charge in [-0.3, -0.25) is 19.0 Å². The van der Waals surface area contributed by atoms with Crippen LogP contribution in [0.5, 0.6) is 0 Å². The molecule has 9 heteroatoms. The molecule has 2 fully saturated rings. The van der Waals surface area contributed by atoms with Crippen molar-refractivity contribution in [2.75, 3.05) is 26.3 Å². The maximum Gasteiger partial charge on any atom is 0.262 e. The van der Waals surface area contributed by atoms with Crippen LogP contribution in [-0.4, -0.2) is 58.6 Å². The third-order valence-electron chi connectivity index (χ3n) is 4.61. The summed E-state index contributed by atoms with van der Waals surface area (Å²) >= 11 is 1.42. The number of nitrogens with zero attached hydrogens (tertiary/aromatic N) is 3. The first-order chi connectivity index (χ1) is 12.1. The fourth-order valence-electron chi connectivity index (χ4n) is 3.26. The topological polar surface area (TPSA) is 93.5 Å². The van der Waals surface area contributed by atoms with Crippen molar-refractivity contribution in [3.05, 3.63) is 28.1 Å². The van der Waals surface area contributed by atoms with Gasteiger partial charge in [-0.05, 0) is 11.4 Å². The van der Waals surface area contributed by atoms with Crippen molar-refractivity contribution >= 4 is 33.4 Å². The van der Waals surface area contributed by atoms with E-state index in [9.17, 15) is 14.4 Å². The number of rotatable bonds is 3. The lowest BCUT2D eigenvalue weighted by molar-refractivity contribution is -0.133. The SMILES string of the molecule is O=C1NC2COCC1CN(C(=O)CCn1cnc3sccc3c1=O)C2. The van der Waals surface area contributed by atoms with Crippen LogP contribution in [0.4, 0.5) is 0 Å². The van der Waals surface area contributed by atoms with E-state index in [0.29, 0.717) is 36.5 Å². The van der Waals surface area contributed by atoms with Crippen LogP contribution in [0.3, 0.4) is 0 Å². The summed E-state index contributed by atoms with van der Waals surface area (Å²) in [5.41, 5.74) is -0.128. The van der Waals surface area contributed by atoms with E-state index in [4.69, 9.17) is 4.74 Å². The van der Waals surface area contributed by atoms with Crippen LogP contribution >= 0.6 is 11.3 Å². The molecule has 4 rings (SSSR count). The van der Waals surface area contributed by atoms with E-state index in [0.717, 1.165) is 0 Å². The quantitative estimate of drug-likeness (QED) is 0.818. The molecule has 2 amide bonds. The summed E-state index contributed by atoms with van der Waals surface area (Å²) in [5.74, 6) is -0.449. The summed E-state index contributed by atoms with van der Waals surface area (Å²) in [7, 11) is 0. The Hall–Kier alpha value is -2.26. The molecule has 2 unspecified atom stereocenters. The highest BCUT2D eigenvalue weighted by molar-refractivity contribution is 7.16. The van der Waals surface area contributed by atoms with Gasteiger partial charge in [0, 0.05) is 26.1 Å². The standard InChI is InChI=1S/C16H18N4O4S/c21-13(20-5-10-7-24-8-11(6-20)18-14(10)22)1-3-19-9-17-15-12(16(19)23)2-4-25-15/h2,4,9-11H,1,3,5-8H2,(H,18,22). The molecule has 25 heavy (non-hydrogen) atoms. The maximum atomic E-state index is 12.6. The predicted octanol–water partition coefficient (Wildman–Crippen LogP) is -0.179. The van der Waals surface area contributed by atoms with Crippen LogP contribution in [-0.2, 0) is 20.9 Å². The first kappa shape index (κ1) is 16.2. The van der Waals surface area contributed by atoms with E-state index in [-0.39, 0.29) is 42.3 Å². The first-order valence-electron chi connectivity index (χ1n) is 8.20. The van der Waals surface area contributed by atoms with Gasteiger partial charge in [0.15, 0.2) is 0 Å². The van der Waals surface area contributed by atoms with Crippen molar-refractivity contribution in [1.29, 1.82) is 0 Å². The average molecular weight is 362 g/mol. The lowest BCUT2D eigenvalue weighted by atomic mass is 10.1. The van der Waals surface area contributed by atoms with Gasteiger partial charge in [0.2, 0.25) is 11.8 Å². The van der Waals surface area contributed by atoms with E-state index in [1.54, 1.807) is 11.0 Å². The molecule has 0 spiro atoms. The summed E-state index contributed by atoms with van der Waals surface area (Å²) in [5, 5.41) is 5.31. The van der Waals surface area contributed by atoms with Gasteiger partial charge in [0.25, 0.3) is 5.56 Å². The minimum absolute atomic E-state index is 0.0545. The van der Waals surface area contributed by atoms with Gasteiger partial charge in [0.1, 0.15) is 4.83 Å². The fourth-order valence-corrected chi connectivity index (χ4v) is 3.98. The monoisotopic (exact) mass is 362 g/mol. The zero-order valence-electron chi connectivity index (χ0n) is 13.5. The number of nitrogens with one attached hydrogen (secondary N) is 1. The molecule has 2 aromatic rings.